The van der Waals surface area contributed by atoms with Crippen molar-refractivity contribution in [1.82, 2.24) is 4.90 Å². The van der Waals surface area contributed by atoms with Crippen molar-refractivity contribution in [2.75, 3.05) is 6.67 Å². The maximum atomic E-state index is 5.30. The van der Waals surface area contributed by atoms with Crippen LogP contribution in [0.2, 0.25) is 0 Å². The van der Waals surface area contributed by atoms with Crippen LogP contribution in [0.5, 0.6) is 0 Å². The highest BCUT2D eigenvalue weighted by Crippen LogP contribution is 1.93. The summed E-state index contributed by atoms with van der Waals surface area (Å²) in [4.78, 5) is 5.62. The standard InChI is InChI=1S/C5H7N3S.HI/c6-5(9)8-3-1-2-7-4-8;/h1-3H,4H2,(H2,6,9);1H. The zero-order chi connectivity index (χ0) is 6.69. The van der Waals surface area contributed by atoms with Crippen molar-refractivity contribution in [1.29, 1.82) is 0 Å². The summed E-state index contributed by atoms with van der Waals surface area (Å²) in [7, 11) is 0. The number of aliphatic imine (C=N–C) groups is 1. The van der Waals surface area contributed by atoms with Gasteiger partial charge < -0.3 is 10.6 Å². The molecule has 0 aliphatic carbocycles. The van der Waals surface area contributed by atoms with Gasteiger partial charge in [0.25, 0.3) is 0 Å². The fraction of sp³-hybridized carbons (Fsp3) is 0.200. The minimum Gasteiger partial charge on any atom is -0.376 e. The molecule has 5 heteroatoms. The van der Waals surface area contributed by atoms with Crippen LogP contribution in [0.1, 0.15) is 0 Å². The second-order valence-electron chi connectivity index (χ2n) is 1.62. The molecule has 0 spiro atoms. The quantitative estimate of drug-likeness (QED) is 0.520. The summed E-state index contributed by atoms with van der Waals surface area (Å²) in [6.07, 6.45) is 5.31. The van der Waals surface area contributed by atoms with Gasteiger partial charge in [-0.25, -0.2) is 0 Å². The molecule has 0 saturated carbocycles. The third kappa shape index (κ3) is 2.61. The predicted octanol–water partition coefficient (Wildman–Crippen LogP) is 0.706. The Morgan fingerprint density at radius 1 is 1.70 bits per heavy atom. The van der Waals surface area contributed by atoms with Gasteiger partial charge in [0.15, 0.2) is 5.11 Å². The SMILES string of the molecule is I.NC(=S)N1C=CC=NC1. The van der Waals surface area contributed by atoms with Gasteiger partial charge in [0.1, 0.15) is 6.67 Å². The number of thiocarbonyl (C=S) groups is 1. The van der Waals surface area contributed by atoms with Crippen LogP contribution < -0.4 is 5.73 Å². The van der Waals surface area contributed by atoms with Crippen LogP contribution in [-0.4, -0.2) is 22.9 Å². The first kappa shape index (κ1) is 9.83. The van der Waals surface area contributed by atoms with Gasteiger partial charge in [0, 0.05) is 12.4 Å². The molecule has 2 N–H and O–H groups in total. The molecule has 0 aromatic carbocycles. The predicted molar refractivity (Wildman–Crippen MR) is 56.5 cm³/mol. The van der Waals surface area contributed by atoms with Crippen LogP contribution in [0.3, 0.4) is 0 Å². The van der Waals surface area contributed by atoms with E-state index in [1.54, 1.807) is 23.4 Å². The lowest BCUT2D eigenvalue weighted by atomic mass is 10.5. The Bertz CT molecular complexity index is 178. The summed E-state index contributed by atoms with van der Waals surface area (Å²) in [5.74, 6) is 0. The molecule has 0 bridgehead atoms. The van der Waals surface area contributed by atoms with E-state index in [2.05, 4.69) is 4.99 Å². The largest absolute Gasteiger partial charge is 0.376 e. The van der Waals surface area contributed by atoms with E-state index in [1.807, 2.05) is 0 Å². The van der Waals surface area contributed by atoms with E-state index in [-0.39, 0.29) is 24.0 Å². The van der Waals surface area contributed by atoms with Crippen molar-refractivity contribution in [3.8, 4) is 0 Å². The van der Waals surface area contributed by atoms with Crippen LogP contribution in [0.25, 0.3) is 0 Å². The summed E-state index contributed by atoms with van der Waals surface area (Å²) in [6, 6.07) is 0. The minimum absolute atomic E-state index is 0. The molecule has 1 aliphatic heterocycles. The molecule has 1 rings (SSSR count). The van der Waals surface area contributed by atoms with Crippen LogP contribution >= 0.6 is 36.2 Å². The monoisotopic (exact) mass is 269 g/mol. The van der Waals surface area contributed by atoms with Gasteiger partial charge in [-0.1, -0.05) is 0 Å². The fourth-order valence-electron chi connectivity index (χ4n) is 0.529. The highest BCUT2D eigenvalue weighted by molar-refractivity contribution is 14.0. The van der Waals surface area contributed by atoms with Gasteiger partial charge in [-0.3, -0.25) is 4.99 Å². The van der Waals surface area contributed by atoms with Crippen LogP contribution in [0.15, 0.2) is 17.3 Å². The van der Waals surface area contributed by atoms with Crippen molar-refractivity contribution in [3.05, 3.63) is 12.3 Å². The molecule has 0 fully saturated rings. The van der Waals surface area contributed by atoms with Gasteiger partial charge in [-0.05, 0) is 18.3 Å². The molecular weight excluding hydrogens is 261 g/mol. The molecule has 56 valence electrons. The summed E-state index contributed by atoms with van der Waals surface area (Å²) < 4.78 is 0. The van der Waals surface area contributed by atoms with Gasteiger partial charge in [-0.2, -0.15) is 0 Å². The Balaban J connectivity index is 0.000000810. The van der Waals surface area contributed by atoms with E-state index in [1.165, 1.54) is 0 Å². The highest BCUT2D eigenvalue weighted by atomic mass is 127. The minimum atomic E-state index is 0. The molecule has 1 heterocycles. The average Bonchev–Trinajstić information content (AvgIpc) is 1.90. The average molecular weight is 269 g/mol. The van der Waals surface area contributed by atoms with Crippen molar-refractivity contribution in [2.24, 2.45) is 10.7 Å². The van der Waals surface area contributed by atoms with Crippen molar-refractivity contribution >= 4 is 47.5 Å². The van der Waals surface area contributed by atoms with E-state index in [0.29, 0.717) is 11.8 Å². The molecule has 0 atom stereocenters. The number of halogens is 1. The van der Waals surface area contributed by atoms with E-state index in [4.69, 9.17) is 18.0 Å². The van der Waals surface area contributed by atoms with E-state index in [0.717, 1.165) is 0 Å². The van der Waals surface area contributed by atoms with Gasteiger partial charge in [-0.15, -0.1) is 24.0 Å². The molecule has 3 nitrogen and oxygen atoms in total. The molecule has 0 unspecified atom stereocenters. The first-order chi connectivity index (χ1) is 4.30. The van der Waals surface area contributed by atoms with Crippen LogP contribution in [-0.2, 0) is 0 Å². The zero-order valence-corrected chi connectivity index (χ0v) is 8.37. The molecule has 0 aromatic rings. The first-order valence-electron chi connectivity index (χ1n) is 2.53. The molecule has 10 heavy (non-hydrogen) atoms. The lowest BCUT2D eigenvalue weighted by Gasteiger charge is -2.16. The van der Waals surface area contributed by atoms with E-state index in [9.17, 15) is 0 Å². The second-order valence-corrected chi connectivity index (χ2v) is 2.04. The normalized spacial score (nSPS) is 14.6. The van der Waals surface area contributed by atoms with E-state index < -0.39 is 0 Å². The lowest BCUT2D eigenvalue weighted by Crippen LogP contribution is -2.32. The Morgan fingerprint density at radius 2 is 2.40 bits per heavy atom. The van der Waals surface area contributed by atoms with Crippen LogP contribution in [0, 0.1) is 0 Å². The summed E-state index contributed by atoms with van der Waals surface area (Å²) >= 11 is 4.69. The number of allylic oxidation sites excluding steroid dienone is 1. The molecule has 0 amide bonds. The first-order valence-corrected chi connectivity index (χ1v) is 2.94. The number of nitrogens with zero attached hydrogens (tertiary/aromatic N) is 2. The molecule has 0 radical (unpaired) electrons. The molecule has 0 saturated heterocycles. The summed E-state index contributed by atoms with van der Waals surface area (Å²) in [5, 5.41) is 0.364. The highest BCUT2D eigenvalue weighted by Gasteiger charge is 2.00. The number of nitrogens with two attached hydrogens (primary N) is 1. The Labute approximate surface area is 82.0 Å². The smallest absolute Gasteiger partial charge is 0.171 e. The van der Waals surface area contributed by atoms with Crippen molar-refractivity contribution < 1.29 is 0 Å². The maximum Gasteiger partial charge on any atom is 0.171 e. The molecular formula is C5H8IN3S. The summed E-state index contributed by atoms with van der Waals surface area (Å²) in [5.41, 5.74) is 5.30. The molecule has 1 aliphatic rings. The zero-order valence-electron chi connectivity index (χ0n) is 5.23. The Morgan fingerprint density at radius 3 is 2.70 bits per heavy atom. The van der Waals surface area contributed by atoms with Crippen molar-refractivity contribution in [2.45, 2.75) is 0 Å². The van der Waals surface area contributed by atoms with Gasteiger partial charge >= 0.3 is 0 Å². The van der Waals surface area contributed by atoms with Crippen molar-refractivity contribution in [3.63, 3.8) is 0 Å². The van der Waals surface area contributed by atoms with Crippen LogP contribution in [0.4, 0.5) is 0 Å². The fourth-order valence-corrected chi connectivity index (χ4v) is 0.647. The third-order valence-corrected chi connectivity index (χ3v) is 1.21. The van der Waals surface area contributed by atoms with E-state index >= 15 is 0 Å². The maximum absolute atomic E-state index is 5.30. The Kier molecular flexibility index (Phi) is 4.54. The Hall–Kier alpha value is -0.170. The second kappa shape index (κ2) is 4.62. The molecule has 0 aromatic heterocycles. The number of rotatable bonds is 0. The topological polar surface area (TPSA) is 41.6 Å². The third-order valence-electron chi connectivity index (χ3n) is 0.975. The number of hydrogen-bond donors (Lipinski definition) is 1. The summed E-state index contributed by atoms with van der Waals surface area (Å²) in [6.45, 7) is 0.547. The lowest BCUT2D eigenvalue weighted by molar-refractivity contribution is 0.576. The van der Waals surface area contributed by atoms with Gasteiger partial charge in [0.05, 0.1) is 0 Å². The number of hydrogen-bond acceptors (Lipinski definition) is 2. The van der Waals surface area contributed by atoms with Gasteiger partial charge in [0.2, 0.25) is 0 Å².